The van der Waals surface area contributed by atoms with E-state index in [2.05, 4.69) is 26.0 Å². The number of rotatable bonds is 1. The van der Waals surface area contributed by atoms with Crippen molar-refractivity contribution in [3.05, 3.63) is 34.9 Å². The van der Waals surface area contributed by atoms with Gasteiger partial charge in [-0.2, -0.15) is 0 Å². The smallest absolute Gasteiger partial charge is 0.331 e. The fraction of sp³-hybridized carbons (Fsp3) is 0.696. The Labute approximate surface area is 156 Å². The summed E-state index contributed by atoms with van der Waals surface area (Å²) in [4.78, 5) is 11.6. The first kappa shape index (κ1) is 16.8. The van der Waals surface area contributed by atoms with E-state index >= 15 is 0 Å². The molecule has 3 fully saturated rings. The molecule has 0 saturated heterocycles. The summed E-state index contributed by atoms with van der Waals surface area (Å²) < 4.78 is 5.19. The van der Waals surface area contributed by atoms with Gasteiger partial charge in [0.2, 0.25) is 0 Å². The molecule has 3 heteroatoms. The molecule has 1 N–H and O–H groups in total. The number of esters is 1. The van der Waals surface area contributed by atoms with Gasteiger partial charge in [0.1, 0.15) is 6.61 Å². The van der Waals surface area contributed by atoms with Crippen molar-refractivity contribution in [1.29, 1.82) is 0 Å². The lowest BCUT2D eigenvalue weighted by Crippen LogP contribution is -2.51. The first-order chi connectivity index (χ1) is 12.4. The minimum atomic E-state index is -0.194. The van der Waals surface area contributed by atoms with Crippen molar-refractivity contribution in [3.63, 3.8) is 0 Å². The highest BCUT2D eigenvalue weighted by Gasteiger charge is 2.56. The maximum Gasteiger partial charge on any atom is 0.331 e. The van der Waals surface area contributed by atoms with Crippen molar-refractivity contribution >= 4 is 5.97 Å². The molecule has 0 aromatic carbocycles. The van der Waals surface area contributed by atoms with Gasteiger partial charge in [0.05, 0.1) is 6.10 Å². The van der Waals surface area contributed by atoms with Crippen LogP contribution in [0.5, 0.6) is 0 Å². The lowest BCUT2D eigenvalue weighted by molar-refractivity contribution is -0.134. The lowest BCUT2D eigenvalue weighted by Gasteiger charge is -2.59. The third-order valence-electron chi connectivity index (χ3n) is 8.69. The summed E-state index contributed by atoms with van der Waals surface area (Å²) in [5.41, 5.74) is 4.48. The lowest BCUT2D eigenvalue weighted by atomic mass is 9.46. The molecule has 1 heterocycles. The summed E-state index contributed by atoms with van der Waals surface area (Å²) in [6.07, 6.45) is 14.4. The molecule has 4 aliphatic carbocycles. The third kappa shape index (κ3) is 2.19. The summed E-state index contributed by atoms with van der Waals surface area (Å²) in [7, 11) is 0. The van der Waals surface area contributed by atoms with Crippen LogP contribution in [0.15, 0.2) is 34.9 Å². The number of carbonyl (C=O) groups is 1. The fourth-order valence-corrected chi connectivity index (χ4v) is 7.22. The van der Waals surface area contributed by atoms with Crippen LogP contribution >= 0.6 is 0 Å². The molecule has 0 aromatic heterocycles. The van der Waals surface area contributed by atoms with Gasteiger partial charge < -0.3 is 9.84 Å². The quantitative estimate of drug-likeness (QED) is 0.713. The van der Waals surface area contributed by atoms with Crippen molar-refractivity contribution in [3.8, 4) is 0 Å². The second-order valence-corrected chi connectivity index (χ2v) is 9.77. The normalized spacial score (nSPS) is 47.2. The minimum Gasteiger partial charge on any atom is -0.458 e. The van der Waals surface area contributed by atoms with Crippen LogP contribution in [-0.4, -0.2) is 23.8 Å². The molecule has 26 heavy (non-hydrogen) atoms. The summed E-state index contributed by atoms with van der Waals surface area (Å²) in [6.45, 7) is 5.34. The zero-order chi connectivity index (χ0) is 18.1. The molecule has 0 unspecified atom stereocenters. The number of aliphatic hydroxyl groups is 1. The third-order valence-corrected chi connectivity index (χ3v) is 8.69. The number of aliphatic hydroxyl groups excluding tert-OH is 1. The molecular weight excluding hydrogens is 324 g/mol. The van der Waals surface area contributed by atoms with Crippen LogP contribution in [0.4, 0.5) is 0 Å². The molecule has 140 valence electrons. The zero-order valence-electron chi connectivity index (χ0n) is 16.0. The Morgan fingerprint density at radius 3 is 2.73 bits per heavy atom. The first-order valence-electron chi connectivity index (χ1n) is 10.4. The average molecular weight is 354 g/mol. The Morgan fingerprint density at radius 2 is 1.96 bits per heavy atom. The second kappa shape index (κ2) is 5.58. The highest BCUT2D eigenvalue weighted by atomic mass is 16.5. The van der Waals surface area contributed by atoms with Gasteiger partial charge in [-0.3, -0.25) is 0 Å². The van der Waals surface area contributed by atoms with E-state index in [1.165, 1.54) is 37.7 Å². The molecule has 5 rings (SSSR count). The van der Waals surface area contributed by atoms with E-state index < -0.39 is 0 Å². The number of cyclic esters (lactones) is 1. The topological polar surface area (TPSA) is 46.5 Å². The molecule has 0 amide bonds. The van der Waals surface area contributed by atoms with Crippen molar-refractivity contribution < 1.29 is 14.6 Å². The van der Waals surface area contributed by atoms with Gasteiger partial charge in [-0.25, -0.2) is 4.79 Å². The second-order valence-electron chi connectivity index (χ2n) is 9.77. The van der Waals surface area contributed by atoms with Gasteiger partial charge in [0.25, 0.3) is 0 Å². The summed E-state index contributed by atoms with van der Waals surface area (Å²) in [6, 6.07) is 0. The zero-order valence-corrected chi connectivity index (χ0v) is 16.0. The van der Waals surface area contributed by atoms with E-state index in [1.54, 1.807) is 11.6 Å². The Balaban J connectivity index is 1.44. The molecule has 0 spiro atoms. The number of carbonyl (C=O) groups excluding carboxylic acids is 1. The highest BCUT2D eigenvalue weighted by Crippen LogP contribution is 2.65. The molecule has 3 saturated carbocycles. The predicted octanol–water partition coefficient (Wildman–Crippen LogP) is 4.33. The summed E-state index contributed by atoms with van der Waals surface area (Å²) in [5.74, 6) is 1.91. The van der Waals surface area contributed by atoms with Crippen LogP contribution in [-0.2, 0) is 9.53 Å². The first-order valence-corrected chi connectivity index (χ1v) is 10.4. The highest BCUT2D eigenvalue weighted by molar-refractivity contribution is 5.87. The SMILES string of the molecule is C[C@]12CC[C@H]3[C@H](CC[C@H]4C[C@H](O)CC[C@]43C)C1=CC=C2C1=CC(=O)OC1. The maximum atomic E-state index is 11.6. The van der Waals surface area contributed by atoms with Crippen LogP contribution in [0.25, 0.3) is 0 Å². The van der Waals surface area contributed by atoms with E-state index in [4.69, 9.17) is 4.74 Å². The van der Waals surface area contributed by atoms with Crippen molar-refractivity contribution in [2.45, 2.75) is 64.9 Å². The largest absolute Gasteiger partial charge is 0.458 e. The van der Waals surface area contributed by atoms with Crippen molar-refractivity contribution in [2.75, 3.05) is 6.61 Å². The molecule has 0 bridgehead atoms. The Hall–Kier alpha value is -1.35. The van der Waals surface area contributed by atoms with Crippen LogP contribution in [0.3, 0.4) is 0 Å². The predicted molar refractivity (Wildman–Crippen MR) is 100 cm³/mol. The fourth-order valence-electron chi connectivity index (χ4n) is 7.22. The Kier molecular flexibility index (Phi) is 3.60. The van der Waals surface area contributed by atoms with Crippen LogP contribution in [0.2, 0.25) is 0 Å². The van der Waals surface area contributed by atoms with Crippen LogP contribution in [0, 0.1) is 28.6 Å². The summed E-state index contributed by atoms with van der Waals surface area (Å²) >= 11 is 0. The molecule has 0 aromatic rings. The monoisotopic (exact) mass is 354 g/mol. The number of hydrogen-bond donors (Lipinski definition) is 1. The number of ether oxygens (including phenoxy) is 1. The van der Waals surface area contributed by atoms with Gasteiger partial charge in [-0.05, 0) is 73.7 Å². The van der Waals surface area contributed by atoms with Crippen LogP contribution < -0.4 is 0 Å². The van der Waals surface area contributed by atoms with E-state index in [9.17, 15) is 9.90 Å². The van der Waals surface area contributed by atoms with E-state index in [1.807, 2.05) is 0 Å². The van der Waals surface area contributed by atoms with Gasteiger partial charge in [0.15, 0.2) is 0 Å². The molecule has 3 nitrogen and oxygen atoms in total. The standard InChI is InChI=1S/C23H30O3/c1-22-9-7-16(24)12-15(22)3-4-17-19-6-5-18(14-11-21(25)26-13-14)23(19,2)10-8-20(17)22/h5-6,11,15-17,20,24H,3-4,7-10,12-13H2,1-2H3/t15-,16+,17+,20-,22+,23+/m0/s1. The van der Waals surface area contributed by atoms with Gasteiger partial charge >= 0.3 is 5.97 Å². The number of allylic oxidation sites excluding steroid dienone is 3. The van der Waals surface area contributed by atoms with Gasteiger partial charge in [-0.15, -0.1) is 0 Å². The maximum absolute atomic E-state index is 11.6. The average Bonchev–Trinajstić information content (AvgIpc) is 3.18. The van der Waals surface area contributed by atoms with Gasteiger partial charge in [-0.1, -0.05) is 31.6 Å². The van der Waals surface area contributed by atoms with E-state index in [0.29, 0.717) is 23.9 Å². The van der Waals surface area contributed by atoms with E-state index in [0.717, 1.165) is 24.3 Å². The molecule has 5 aliphatic rings. The van der Waals surface area contributed by atoms with E-state index in [-0.39, 0.29) is 17.5 Å². The summed E-state index contributed by atoms with van der Waals surface area (Å²) in [5, 5.41) is 10.2. The molecular formula is C23H30O3. The Morgan fingerprint density at radius 1 is 1.12 bits per heavy atom. The number of hydrogen-bond acceptors (Lipinski definition) is 3. The van der Waals surface area contributed by atoms with Crippen LogP contribution in [0.1, 0.15) is 58.8 Å². The van der Waals surface area contributed by atoms with Crippen molar-refractivity contribution in [2.24, 2.45) is 28.6 Å². The molecule has 6 atom stereocenters. The Bertz CT molecular complexity index is 745. The molecule has 1 aliphatic heterocycles. The number of fused-ring (bicyclic) bond motifs is 5. The van der Waals surface area contributed by atoms with Crippen molar-refractivity contribution in [1.82, 2.24) is 0 Å². The molecule has 0 radical (unpaired) electrons. The minimum absolute atomic E-state index is 0.0794. The van der Waals surface area contributed by atoms with Gasteiger partial charge in [0, 0.05) is 17.1 Å².